The van der Waals surface area contributed by atoms with Crippen LogP contribution in [0.15, 0.2) is 48.5 Å². The van der Waals surface area contributed by atoms with Crippen LogP contribution in [-0.2, 0) is 9.59 Å². The maximum absolute atomic E-state index is 12.3. The number of hydrogen-bond acceptors (Lipinski definition) is 5. The Hall–Kier alpha value is -3.26. The molecule has 158 valence electrons. The van der Waals surface area contributed by atoms with Gasteiger partial charge >= 0.3 is 0 Å². The molecule has 0 saturated carbocycles. The van der Waals surface area contributed by atoms with E-state index in [1.807, 2.05) is 18.2 Å². The lowest BCUT2D eigenvalue weighted by Gasteiger charge is -2.34. The molecule has 1 saturated heterocycles. The van der Waals surface area contributed by atoms with E-state index in [1.54, 1.807) is 12.1 Å². The van der Waals surface area contributed by atoms with Gasteiger partial charge in [-0.2, -0.15) is 0 Å². The van der Waals surface area contributed by atoms with Crippen molar-refractivity contribution in [1.82, 2.24) is 10.9 Å². The molecule has 30 heavy (non-hydrogen) atoms. The molecule has 8 heteroatoms. The van der Waals surface area contributed by atoms with Crippen molar-refractivity contribution >= 4 is 17.5 Å². The Morgan fingerprint density at radius 2 is 1.73 bits per heavy atom. The second-order valence-electron chi connectivity index (χ2n) is 7.60. The molecule has 0 aliphatic carbocycles. The molecule has 0 spiro atoms. The molecule has 1 atom stereocenters. The van der Waals surface area contributed by atoms with E-state index in [9.17, 15) is 9.59 Å². The van der Waals surface area contributed by atoms with Crippen molar-refractivity contribution in [1.29, 1.82) is 0 Å². The number of carbonyl (C=O) groups is 2. The van der Waals surface area contributed by atoms with E-state index in [4.69, 9.17) is 9.47 Å². The van der Waals surface area contributed by atoms with E-state index >= 15 is 0 Å². The van der Waals surface area contributed by atoms with E-state index in [-0.39, 0.29) is 12.5 Å². The first-order valence-corrected chi connectivity index (χ1v) is 10.2. The Morgan fingerprint density at radius 3 is 2.50 bits per heavy atom. The minimum Gasteiger partial charge on any atom is -0.485 e. The number of quaternary nitrogens is 1. The van der Waals surface area contributed by atoms with Gasteiger partial charge in [0, 0.05) is 5.69 Å². The quantitative estimate of drug-likeness (QED) is 0.601. The molecule has 1 fully saturated rings. The van der Waals surface area contributed by atoms with Crippen LogP contribution < -0.4 is 30.1 Å². The summed E-state index contributed by atoms with van der Waals surface area (Å²) in [6.07, 6.45) is -0.801. The van der Waals surface area contributed by atoms with Gasteiger partial charge in [0.05, 0.1) is 26.2 Å². The first kappa shape index (κ1) is 20.0. The van der Waals surface area contributed by atoms with Gasteiger partial charge in [-0.3, -0.25) is 20.4 Å². The molecule has 2 aliphatic heterocycles. The van der Waals surface area contributed by atoms with Gasteiger partial charge in [-0.1, -0.05) is 30.3 Å². The van der Waals surface area contributed by atoms with E-state index in [0.29, 0.717) is 18.0 Å². The third-order valence-electron chi connectivity index (χ3n) is 5.46. The summed E-state index contributed by atoms with van der Waals surface area (Å²) in [7, 11) is 0. The maximum atomic E-state index is 12.3. The highest BCUT2D eigenvalue weighted by molar-refractivity contribution is 5.85. The van der Waals surface area contributed by atoms with Gasteiger partial charge in [-0.25, -0.2) is 0 Å². The number of para-hydroxylation sites is 3. The van der Waals surface area contributed by atoms with Crippen LogP contribution in [0.1, 0.15) is 5.56 Å². The standard InChI is InChI=1S/C22H26N4O4/c1-16-6-2-3-7-17(16)26-12-10-25(11-13-26)14-21(27)23-24-22(28)20-15-29-18-8-4-5-9-19(18)30-20/h2-9,20H,10-15H2,1H3,(H,23,27)(H,24,28)/p+1/t20-/m1/s1. The van der Waals surface area contributed by atoms with Crippen molar-refractivity contribution in [3.63, 3.8) is 0 Å². The first-order chi connectivity index (χ1) is 14.6. The summed E-state index contributed by atoms with van der Waals surface area (Å²) in [5, 5.41) is 0. The first-order valence-electron chi connectivity index (χ1n) is 10.2. The largest absolute Gasteiger partial charge is 0.485 e. The minimum atomic E-state index is -0.801. The summed E-state index contributed by atoms with van der Waals surface area (Å²) >= 11 is 0. The lowest BCUT2D eigenvalue weighted by molar-refractivity contribution is -0.892. The maximum Gasteiger partial charge on any atom is 0.293 e. The second-order valence-corrected chi connectivity index (χ2v) is 7.60. The molecular weight excluding hydrogens is 384 g/mol. The van der Waals surface area contributed by atoms with E-state index < -0.39 is 12.0 Å². The molecule has 0 aromatic heterocycles. The SMILES string of the molecule is Cc1ccccc1N1CC[NH+](CC(=O)NNC(=O)[C@H]2COc3ccccc3O2)CC1. The van der Waals surface area contributed by atoms with Crippen molar-refractivity contribution in [3.8, 4) is 11.5 Å². The van der Waals surface area contributed by atoms with Gasteiger partial charge in [0.2, 0.25) is 6.10 Å². The predicted molar refractivity (Wildman–Crippen MR) is 112 cm³/mol. The predicted octanol–water partition coefficient (Wildman–Crippen LogP) is -0.313. The number of amides is 2. The van der Waals surface area contributed by atoms with Crippen LogP contribution in [0.5, 0.6) is 11.5 Å². The lowest BCUT2D eigenvalue weighted by atomic mass is 10.1. The number of hydrazine groups is 1. The zero-order valence-corrected chi connectivity index (χ0v) is 17.0. The van der Waals surface area contributed by atoms with Gasteiger partial charge in [-0.05, 0) is 30.7 Å². The smallest absolute Gasteiger partial charge is 0.293 e. The zero-order chi connectivity index (χ0) is 20.9. The summed E-state index contributed by atoms with van der Waals surface area (Å²) < 4.78 is 11.2. The fourth-order valence-electron chi connectivity index (χ4n) is 3.79. The van der Waals surface area contributed by atoms with Gasteiger partial charge < -0.3 is 19.3 Å². The Morgan fingerprint density at radius 1 is 1.03 bits per heavy atom. The topological polar surface area (TPSA) is 84.3 Å². The number of rotatable bonds is 4. The van der Waals surface area contributed by atoms with Crippen LogP contribution in [0.4, 0.5) is 5.69 Å². The molecule has 2 aromatic carbocycles. The van der Waals surface area contributed by atoms with Gasteiger partial charge in [0.1, 0.15) is 6.61 Å². The molecule has 0 bridgehead atoms. The molecule has 2 amide bonds. The van der Waals surface area contributed by atoms with Crippen molar-refractivity contribution < 1.29 is 24.0 Å². The molecule has 2 aromatic rings. The number of carbonyl (C=O) groups excluding carboxylic acids is 2. The van der Waals surface area contributed by atoms with Crippen LogP contribution in [0.3, 0.4) is 0 Å². The molecule has 0 radical (unpaired) electrons. The lowest BCUT2D eigenvalue weighted by Crippen LogP contribution is -3.16. The summed E-state index contributed by atoms with van der Waals surface area (Å²) in [5.41, 5.74) is 7.46. The van der Waals surface area contributed by atoms with Gasteiger partial charge in [0.25, 0.3) is 11.8 Å². The molecule has 3 N–H and O–H groups in total. The molecule has 8 nitrogen and oxygen atoms in total. The summed E-state index contributed by atoms with van der Waals surface area (Å²) in [5.74, 6) is 0.474. The fraction of sp³-hybridized carbons (Fsp3) is 0.364. The van der Waals surface area contributed by atoms with Crippen LogP contribution in [-0.4, -0.2) is 57.2 Å². The van der Waals surface area contributed by atoms with Crippen LogP contribution in [0, 0.1) is 6.92 Å². The van der Waals surface area contributed by atoms with Crippen LogP contribution in [0.25, 0.3) is 0 Å². The monoisotopic (exact) mass is 411 g/mol. The normalized spacial score (nSPS) is 18.6. The second kappa shape index (κ2) is 9.04. The van der Waals surface area contributed by atoms with E-state index in [2.05, 4.69) is 40.9 Å². The molecule has 4 rings (SSSR count). The minimum absolute atomic E-state index is 0.102. The zero-order valence-electron chi connectivity index (χ0n) is 17.0. The van der Waals surface area contributed by atoms with Gasteiger partial charge in [0.15, 0.2) is 18.0 Å². The molecular formula is C22H27N4O4+. The Bertz CT molecular complexity index is 912. The van der Waals surface area contributed by atoms with Crippen molar-refractivity contribution in [2.45, 2.75) is 13.0 Å². The number of nitrogens with one attached hydrogen (secondary N) is 3. The third kappa shape index (κ3) is 4.65. The molecule has 0 unspecified atom stereocenters. The van der Waals surface area contributed by atoms with Crippen LogP contribution in [0.2, 0.25) is 0 Å². The molecule has 2 aliphatic rings. The van der Waals surface area contributed by atoms with Crippen molar-refractivity contribution in [2.24, 2.45) is 0 Å². The highest BCUT2D eigenvalue weighted by Crippen LogP contribution is 2.30. The Kier molecular flexibility index (Phi) is 6.04. The number of aryl methyl sites for hydroxylation is 1. The fourth-order valence-corrected chi connectivity index (χ4v) is 3.79. The average molecular weight is 411 g/mol. The highest BCUT2D eigenvalue weighted by Gasteiger charge is 2.28. The Labute approximate surface area is 175 Å². The number of hydrogen-bond donors (Lipinski definition) is 3. The third-order valence-corrected chi connectivity index (χ3v) is 5.46. The summed E-state index contributed by atoms with van der Waals surface area (Å²) in [6, 6.07) is 15.5. The van der Waals surface area contributed by atoms with Crippen LogP contribution >= 0.6 is 0 Å². The number of piperazine rings is 1. The van der Waals surface area contributed by atoms with E-state index in [0.717, 1.165) is 26.2 Å². The average Bonchev–Trinajstić information content (AvgIpc) is 2.78. The Balaban J connectivity index is 1.19. The number of benzene rings is 2. The number of anilines is 1. The summed E-state index contributed by atoms with van der Waals surface area (Å²) in [4.78, 5) is 28.1. The van der Waals surface area contributed by atoms with E-state index in [1.165, 1.54) is 16.2 Å². The van der Waals surface area contributed by atoms with Crippen molar-refractivity contribution in [2.75, 3.05) is 44.2 Å². The summed E-state index contributed by atoms with van der Waals surface area (Å²) in [6.45, 7) is 6.05. The number of ether oxygens (including phenoxy) is 2. The molecule has 2 heterocycles. The van der Waals surface area contributed by atoms with Crippen molar-refractivity contribution in [3.05, 3.63) is 54.1 Å². The number of nitrogens with zero attached hydrogens (tertiary/aromatic N) is 1. The highest BCUT2D eigenvalue weighted by atomic mass is 16.6. The van der Waals surface area contributed by atoms with Gasteiger partial charge in [-0.15, -0.1) is 0 Å². The number of fused-ring (bicyclic) bond motifs is 1.